The van der Waals surface area contributed by atoms with Crippen LogP contribution >= 0.6 is 0 Å². The topological polar surface area (TPSA) is 43.5 Å². The molecular weight excluding hydrogens is 797 g/mol. The Bertz CT molecular complexity index is 1360. The summed E-state index contributed by atoms with van der Waals surface area (Å²) in [4.78, 5) is 0. The van der Waals surface area contributed by atoms with Gasteiger partial charge < -0.3 is 18.9 Å². The van der Waals surface area contributed by atoms with Crippen LogP contribution in [-0.2, 0) is 18.9 Å². The molecule has 65 heavy (non-hydrogen) atoms. The molecule has 2 bridgehead atoms. The number of rotatable bonds is 15. The molecule has 0 radical (unpaired) electrons. The smallest absolute Gasteiger partial charge is 0.181 e. The van der Waals surface area contributed by atoms with E-state index in [1.807, 2.05) is 0 Å². The van der Waals surface area contributed by atoms with Gasteiger partial charge in [-0.05, 0) is 228 Å². The van der Waals surface area contributed by atoms with Crippen molar-refractivity contribution in [3.8, 4) is 0 Å². The van der Waals surface area contributed by atoms with Gasteiger partial charge in [-0.2, -0.15) is 0 Å². The Kier molecular flexibility index (Phi) is 20.1. The Labute approximate surface area is 406 Å². The van der Waals surface area contributed by atoms with Crippen molar-refractivity contribution in [2.24, 2.45) is 92.2 Å². The number of ether oxygens (including phenoxy) is 4. The van der Waals surface area contributed by atoms with Gasteiger partial charge in [-0.1, -0.05) is 117 Å². The fourth-order valence-electron chi connectivity index (χ4n) is 12.7. The van der Waals surface area contributed by atoms with Crippen LogP contribution in [0.4, 0.5) is 0 Å². The van der Waals surface area contributed by atoms with Crippen LogP contribution in [0.5, 0.6) is 0 Å². The van der Waals surface area contributed by atoms with Crippen LogP contribution in [0.2, 0.25) is 0 Å². The quantitative estimate of drug-likeness (QED) is 0.121. The minimum absolute atomic E-state index is 0.134. The van der Waals surface area contributed by atoms with Gasteiger partial charge in [-0.3, -0.25) is 0 Å². The predicted octanol–water partition coefficient (Wildman–Crippen LogP) is 17.8. The molecule has 0 aromatic rings. The van der Waals surface area contributed by atoms with Crippen LogP contribution < -0.4 is 0 Å². The molecule has 2 saturated heterocycles. The van der Waals surface area contributed by atoms with Crippen molar-refractivity contribution in [3.63, 3.8) is 0 Å². The van der Waals surface area contributed by atoms with Crippen molar-refractivity contribution >= 4 is 0 Å². The van der Waals surface area contributed by atoms with Crippen molar-refractivity contribution in [2.75, 3.05) is 26.4 Å². The zero-order valence-corrected chi connectivity index (χ0v) is 46.8. The van der Waals surface area contributed by atoms with E-state index < -0.39 is 0 Å². The summed E-state index contributed by atoms with van der Waals surface area (Å²) < 4.78 is 21.6. The maximum Gasteiger partial charge on any atom is 0.181 e. The molecule has 0 N–H and O–H groups in total. The van der Waals surface area contributed by atoms with E-state index in [2.05, 4.69) is 118 Å². The molecule has 9 fully saturated rings. The van der Waals surface area contributed by atoms with Crippen molar-refractivity contribution in [1.82, 2.24) is 0 Å². The molecular formula is C61H114O4. The van der Waals surface area contributed by atoms with Crippen molar-refractivity contribution in [1.29, 1.82) is 0 Å². The average Bonchev–Trinajstić information content (AvgIpc) is 3.94. The second-order valence-electron chi connectivity index (χ2n) is 30.5. The number of epoxide rings is 2. The molecule has 2 aliphatic heterocycles. The fraction of sp³-hybridized carbons (Fsp3) is 1.00. The first-order chi connectivity index (χ1) is 30.0. The van der Waals surface area contributed by atoms with Gasteiger partial charge in [0.15, 0.2) is 6.29 Å². The van der Waals surface area contributed by atoms with Crippen molar-refractivity contribution in [3.05, 3.63) is 0 Å². The van der Waals surface area contributed by atoms with Crippen LogP contribution in [0.3, 0.4) is 0 Å². The van der Waals surface area contributed by atoms with Crippen molar-refractivity contribution in [2.45, 2.75) is 271 Å². The molecule has 13 atom stereocenters. The summed E-state index contributed by atoms with van der Waals surface area (Å²) in [5, 5.41) is 0. The minimum Gasteiger partial charge on any atom is -0.381 e. The molecule has 0 spiro atoms. The Morgan fingerprint density at radius 1 is 0.554 bits per heavy atom. The second kappa shape index (κ2) is 23.4. The summed E-state index contributed by atoms with van der Waals surface area (Å²) in [6, 6.07) is 0. The molecule has 9 rings (SSSR count). The first-order valence-electron chi connectivity index (χ1n) is 28.5. The lowest BCUT2D eigenvalue weighted by atomic mass is 9.72. The number of hydrogen-bond acceptors (Lipinski definition) is 4. The third kappa shape index (κ3) is 22.6. The normalized spacial score (nSPS) is 35.5. The lowest BCUT2D eigenvalue weighted by Gasteiger charge is -2.32. The molecule has 7 aliphatic carbocycles. The van der Waals surface area contributed by atoms with E-state index >= 15 is 0 Å². The monoisotopic (exact) mass is 911 g/mol. The molecule has 7 saturated carbocycles. The molecule has 0 aromatic heterocycles. The summed E-state index contributed by atoms with van der Waals surface area (Å²) in [6.07, 6.45) is 30.7. The van der Waals surface area contributed by atoms with Crippen molar-refractivity contribution < 1.29 is 18.9 Å². The fourth-order valence-corrected chi connectivity index (χ4v) is 12.7. The number of fused-ring (bicyclic) bond motifs is 7. The summed E-state index contributed by atoms with van der Waals surface area (Å²) >= 11 is 0. The Hall–Kier alpha value is -0.160. The van der Waals surface area contributed by atoms with E-state index in [-0.39, 0.29) is 11.9 Å². The highest BCUT2D eigenvalue weighted by molar-refractivity contribution is 5.09. The van der Waals surface area contributed by atoms with Gasteiger partial charge in [0.05, 0.1) is 11.7 Å². The lowest BCUT2D eigenvalue weighted by molar-refractivity contribution is 0.0444. The molecule has 9 aliphatic rings. The van der Waals surface area contributed by atoms with E-state index in [0.29, 0.717) is 33.2 Å². The Morgan fingerprint density at radius 3 is 1.68 bits per heavy atom. The first kappa shape index (κ1) is 55.8. The lowest BCUT2D eigenvalue weighted by Crippen LogP contribution is -2.27. The highest BCUT2D eigenvalue weighted by atomic mass is 16.8. The van der Waals surface area contributed by atoms with Crippen LogP contribution in [-0.4, -0.2) is 44.4 Å². The van der Waals surface area contributed by atoms with Gasteiger partial charge in [-0.15, -0.1) is 0 Å². The predicted molar refractivity (Wildman–Crippen MR) is 278 cm³/mol. The van der Waals surface area contributed by atoms with Gasteiger partial charge in [0.25, 0.3) is 0 Å². The maximum absolute atomic E-state index is 5.78. The first-order valence-corrected chi connectivity index (χ1v) is 28.5. The van der Waals surface area contributed by atoms with Gasteiger partial charge in [-0.25, -0.2) is 0 Å². The second-order valence-corrected chi connectivity index (χ2v) is 30.5. The molecule has 2 heterocycles. The largest absolute Gasteiger partial charge is 0.381 e. The third-order valence-corrected chi connectivity index (χ3v) is 17.3. The van der Waals surface area contributed by atoms with Crippen LogP contribution in [0.15, 0.2) is 0 Å². The van der Waals surface area contributed by atoms with E-state index in [1.54, 1.807) is 38.5 Å². The molecule has 4 nitrogen and oxygen atoms in total. The SMILES string of the molecule is CC(C)(C)CCC1CC2CC1C1CC21.CC(C)(C)CCC1CCC2CC2C1.CC(C)(C)CCCOC1CO1.CC(C)(C)CCCOCC1CC1.CC(CC(C)(C)C)C1CCC2(C)OC2C1. The van der Waals surface area contributed by atoms with Gasteiger partial charge in [0.1, 0.15) is 6.61 Å². The Morgan fingerprint density at radius 2 is 1.15 bits per heavy atom. The molecule has 13 unspecified atom stereocenters. The molecule has 0 aromatic carbocycles. The highest BCUT2D eigenvalue weighted by Crippen LogP contribution is 2.68. The number of hydrogen-bond donors (Lipinski definition) is 0. The zero-order chi connectivity index (χ0) is 48.0. The maximum atomic E-state index is 5.78. The van der Waals surface area contributed by atoms with Crippen LogP contribution in [0.25, 0.3) is 0 Å². The summed E-state index contributed by atoms with van der Waals surface area (Å²) in [5.74, 6) is 12.0. The van der Waals surface area contributed by atoms with Gasteiger partial charge in [0.2, 0.25) is 0 Å². The standard InChI is InChI=1S/C14H26O.C14H24.C13H24.C11H22O.C9H18O2/c1-10(9-13(2,3)4)11-6-7-14(5)12(8-11)15-14;1-14(2,3)5-4-9-6-10-7-11(9)13-8-12(10)13;1-13(2,3)7-6-10-4-5-11-9-12(11)8-10;1-11(2,3)7-4-8-12-9-10-5-6-10;1-9(2,3)5-4-6-10-8-7-11-8/h10-12H,6-9H2,1-5H3;9-13H,4-8H2,1-3H3;10-12H,4-9H2,1-3H3;10H,4-9H2,1-3H3;8H,4-7H2,1-3H3. The van der Waals surface area contributed by atoms with E-state index in [1.165, 1.54) is 125 Å². The van der Waals surface area contributed by atoms with Gasteiger partial charge >= 0.3 is 0 Å². The third-order valence-electron chi connectivity index (χ3n) is 17.3. The highest BCUT2D eigenvalue weighted by Gasteiger charge is 2.60. The van der Waals surface area contributed by atoms with Crippen LogP contribution in [0.1, 0.15) is 253 Å². The van der Waals surface area contributed by atoms with Gasteiger partial charge in [0, 0.05) is 19.8 Å². The summed E-state index contributed by atoms with van der Waals surface area (Å²) in [5.41, 5.74) is 2.80. The van der Waals surface area contributed by atoms with E-state index in [9.17, 15) is 0 Å². The van der Waals surface area contributed by atoms with E-state index in [0.717, 1.165) is 62.4 Å². The zero-order valence-electron chi connectivity index (χ0n) is 46.8. The Balaban J connectivity index is 0.000000153. The molecule has 4 heteroatoms. The molecule has 0 amide bonds. The molecule has 382 valence electrons. The van der Waals surface area contributed by atoms with Crippen LogP contribution in [0, 0.1) is 92.2 Å². The van der Waals surface area contributed by atoms with E-state index in [4.69, 9.17) is 18.9 Å². The summed E-state index contributed by atoms with van der Waals surface area (Å²) in [6.45, 7) is 43.3. The summed E-state index contributed by atoms with van der Waals surface area (Å²) in [7, 11) is 0. The minimum atomic E-state index is 0.134. The average molecular weight is 912 g/mol.